The molecular weight excluding hydrogens is 466 g/mol. The number of hydrogen-bond acceptors (Lipinski definition) is 3. The van der Waals surface area contributed by atoms with E-state index in [-0.39, 0.29) is 18.0 Å². The third-order valence-electron chi connectivity index (χ3n) is 6.62. The molecule has 2 aromatic heterocycles. The van der Waals surface area contributed by atoms with Gasteiger partial charge in [-0.1, -0.05) is 42.5 Å². The fourth-order valence-corrected chi connectivity index (χ4v) is 5.17. The summed E-state index contributed by atoms with van der Waals surface area (Å²) in [6, 6.07) is 28.0. The van der Waals surface area contributed by atoms with E-state index in [0.717, 1.165) is 34.0 Å². The van der Waals surface area contributed by atoms with E-state index in [1.54, 1.807) is 6.20 Å². The van der Waals surface area contributed by atoms with Crippen molar-refractivity contribution in [2.45, 2.75) is 32.4 Å². The average molecular weight is 496 g/mol. The second-order valence-electron chi connectivity index (χ2n) is 9.00. The number of aryl methyl sites for hydroxylation is 2. The van der Waals surface area contributed by atoms with Crippen LogP contribution in [-0.2, 0) is 4.79 Å². The zero-order chi connectivity index (χ0) is 25.1. The molecule has 2 aromatic carbocycles. The molecule has 6 nitrogen and oxygen atoms in total. The first-order chi connectivity index (χ1) is 17.5. The van der Waals surface area contributed by atoms with Crippen LogP contribution >= 0.6 is 12.2 Å². The van der Waals surface area contributed by atoms with Gasteiger partial charge in [0.1, 0.15) is 0 Å². The van der Waals surface area contributed by atoms with E-state index in [2.05, 4.69) is 56.3 Å². The second-order valence-corrected chi connectivity index (χ2v) is 9.39. The molecule has 5 rings (SSSR count). The topological polar surface area (TPSA) is 62.2 Å². The summed E-state index contributed by atoms with van der Waals surface area (Å²) in [5, 5.41) is 7.15. The number of anilines is 1. The normalized spacial score (nSPS) is 17.2. The Kier molecular flexibility index (Phi) is 6.82. The lowest BCUT2D eigenvalue weighted by Crippen LogP contribution is -2.33. The molecule has 7 heteroatoms. The van der Waals surface area contributed by atoms with Gasteiger partial charge in [-0.15, -0.1) is 0 Å². The Morgan fingerprint density at radius 2 is 1.72 bits per heavy atom. The molecule has 0 bridgehead atoms. The minimum atomic E-state index is -0.144. The number of hydrogen-bond donors (Lipinski definition) is 2. The molecule has 1 saturated heterocycles. The van der Waals surface area contributed by atoms with Gasteiger partial charge >= 0.3 is 0 Å². The maximum Gasteiger partial charge on any atom is 0.226 e. The Bertz CT molecular complexity index is 1370. The summed E-state index contributed by atoms with van der Waals surface area (Å²) in [5.74, 6) is -0.0400. The van der Waals surface area contributed by atoms with Gasteiger partial charge < -0.3 is 20.1 Å². The fourth-order valence-electron chi connectivity index (χ4n) is 4.83. The predicted octanol–water partition coefficient (Wildman–Crippen LogP) is 5.49. The summed E-state index contributed by atoms with van der Waals surface area (Å²) in [4.78, 5) is 19.7. The number of thiocarbonyl (C=S) groups is 1. The second kappa shape index (κ2) is 10.3. The standard InChI is InChI=1S/C29H29N5OS/c1-20-10-6-7-13-23(20)31-26(35)17-19-33-28(27(32-29(33)36)24-14-8-9-18-30-24)25-16-15-21(2)34(25)22-11-4-3-5-12-22/h3-16,18,27-28H,17,19H2,1-2H3,(H,31,35)(H,32,36)/t27-,28+/m1/s1. The van der Waals surface area contributed by atoms with Crippen LogP contribution in [0, 0.1) is 13.8 Å². The molecule has 0 saturated carbocycles. The summed E-state index contributed by atoms with van der Waals surface area (Å²) in [7, 11) is 0. The van der Waals surface area contributed by atoms with Crippen molar-refractivity contribution in [1.82, 2.24) is 19.8 Å². The molecule has 1 aliphatic heterocycles. The number of para-hydroxylation sites is 2. The minimum Gasteiger partial charge on any atom is -0.352 e. The van der Waals surface area contributed by atoms with Crippen LogP contribution in [0.4, 0.5) is 5.69 Å². The van der Waals surface area contributed by atoms with Gasteiger partial charge in [0, 0.05) is 41.9 Å². The Hall–Kier alpha value is -3.97. The highest BCUT2D eigenvalue weighted by molar-refractivity contribution is 7.80. The predicted molar refractivity (Wildman–Crippen MR) is 147 cm³/mol. The molecule has 36 heavy (non-hydrogen) atoms. The lowest BCUT2D eigenvalue weighted by atomic mass is 10.0. The third kappa shape index (κ3) is 4.75. The van der Waals surface area contributed by atoms with E-state index in [1.165, 1.54) is 0 Å². The number of pyridine rings is 1. The Balaban J connectivity index is 1.47. The Morgan fingerprint density at radius 1 is 0.972 bits per heavy atom. The highest BCUT2D eigenvalue weighted by atomic mass is 32.1. The van der Waals surface area contributed by atoms with E-state index in [0.29, 0.717) is 18.1 Å². The van der Waals surface area contributed by atoms with Crippen LogP contribution < -0.4 is 10.6 Å². The molecule has 2 atom stereocenters. The molecule has 4 aromatic rings. The molecule has 2 N–H and O–H groups in total. The molecule has 1 amide bonds. The van der Waals surface area contributed by atoms with Gasteiger partial charge in [-0.05, 0) is 74.1 Å². The molecule has 0 radical (unpaired) electrons. The summed E-state index contributed by atoms with van der Waals surface area (Å²) in [6.45, 7) is 4.58. The van der Waals surface area contributed by atoms with Crippen molar-refractivity contribution >= 4 is 28.9 Å². The van der Waals surface area contributed by atoms with Gasteiger partial charge in [-0.25, -0.2) is 0 Å². The number of aromatic nitrogens is 2. The first-order valence-corrected chi connectivity index (χ1v) is 12.5. The van der Waals surface area contributed by atoms with Crippen molar-refractivity contribution in [2.75, 3.05) is 11.9 Å². The van der Waals surface area contributed by atoms with Crippen molar-refractivity contribution in [3.63, 3.8) is 0 Å². The zero-order valence-corrected chi connectivity index (χ0v) is 21.2. The molecule has 1 aliphatic rings. The lowest BCUT2D eigenvalue weighted by Gasteiger charge is -2.29. The molecule has 1 fully saturated rings. The van der Waals surface area contributed by atoms with E-state index in [4.69, 9.17) is 12.2 Å². The number of benzene rings is 2. The number of carbonyl (C=O) groups is 1. The third-order valence-corrected chi connectivity index (χ3v) is 6.97. The van der Waals surface area contributed by atoms with E-state index in [1.807, 2.05) is 67.6 Å². The first-order valence-electron chi connectivity index (χ1n) is 12.1. The van der Waals surface area contributed by atoms with E-state index in [9.17, 15) is 4.79 Å². The molecule has 0 spiro atoms. The summed E-state index contributed by atoms with van der Waals surface area (Å²) in [5.41, 5.74) is 6.10. The maximum absolute atomic E-state index is 12.9. The van der Waals surface area contributed by atoms with Crippen molar-refractivity contribution in [1.29, 1.82) is 0 Å². The molecule has 0 unspecified atom stereocenters. The van der Waals surface area contributed by atoms with Crippen LogP contribution in [0.3, 0.4) is 0 Å². The number of nitrogens with one attached hydrogen (secondary N) is 2. The van der Waals surface area contributed by atoms with Crippen LogP contribution in [0.25, 0.3) is 5.69 Å². The van der Waals surface area contributed by atoms with Crippen LogP contribution in [0.15, 0.2) is 91.1 Å². The van der Waals surface area contributed by atoms with E-state index < -0.39 is 0 Å². The number of rotatable bonds is 7. The van der Waals surface area contributed by atoms with E-state index >= 15 is 0 Å². The van der Waals surface area contributed by atoms with Gasteiger partial charge in [-0.2, -0.15) is 0 Å². The Labute approximate surface area is 217 Å². The molecule has 0 aliphatic carbocycles. The van der Waals surface area contributed by atoms with Gasteiger partial charge in [-0.3, -0.25) is 9.78 Å². The van der Waals surface area contributed by atoms with Crippen LogP contribution in [-0.4, -0.2) is 32.0 Å². The highest BCUT2D eigenvalue weighted by Gasteiger charge is 2.41. The van der Waals surface area contributed by atoms with Crippen molar-refractivity contribution in [2.24, 2.45) is 0 Å². The number of carbonyl (C=O) groups excluding carboxylic acids is 1. The summed E-state index contributed by atoms with van der Waals surface area (Å²) in [6.07, 6.45) is 2.11. The number of nitrogens with zero attached hydrogens (tertiary/aromatic N) is 3. The Morgan fingerprint density at radius 3 is 2.47 bits per heavy atom. The molecule has 3 heterocycles. The summed E-state index contributed by atoms with van der Waals surface area (Å²) < 4.78 is 2.26. The van der Waals surface area contributed by atoms with Crippen molar-refractivity contribution in [3.05, 3.63) is 114 Å². The van der Waals surface area contributed by atoms with Crippen molar-refractivity contribution < 1.29 is 4.79 Å². The quantitative estimate of drug-likeness (QED) is 0.332. The van der Waals surface area contributed by atoms with Crippen LogP contribution in [0.5, 0.6) is 0 Å². The lowest BCUT2D eigenvalue weighted by molar-refractivity contribution is -0.116. The molecule has 182 valence electrons. The van der Waals surface area contributed by atoms with Gasteiger partial charge in [0.2, 0.25) is 5.91 Å². The van der Waals surface area contributed by atoms with Gasteiger partial charge in [0.25, 0.3) is 0 Å². The molecular formula is C29H29N5OS. The largest absolute Gasteiger partial charge is 0.352 e. The van der Waals surface area contributed by atoms with Crippen LogP contribution in [0.1, 0.15) is 41.1 Å². The maximum atomic E-state index is 12.9. The fraction of sp³-hybridized carbons (Fsp3) is 0.207. The van der Waals surface area contributed by atoms with Crippen molar-refractivity contribution in [3.8, 4) is 5.69 Å². The van der Waals surface area contributed by atoms with Gasteiger partial charge in [0.15, 0.2) is 5.11 Å². The highest BCUT2D eigenvalue weighted by Crippen LogP contribution is 2.40. The van der Waals surface area contributed by atoms with Crippen LogP contribution in [0.2, 0.25) is 0 Å². The smallest absolute Gasteiger partial charge is 0.226 e. The monoisotopic (exact) mass is 495 g/mol. The average Bonchev–Trinajstić information content (AvgIpc) is 3.44. The summed E-state index contributed by atoms with van der Waals surface area (Å²) >= 11 is 5.81. The number of amides is 1. The minimum absolute atomic E-state index is 0.0400. The first kappa shape index (κ1) is 23.8. The zero-order valence-electron chi connectivity index (χ0n) is 20.4. The SMILES string of the molecule is Cc1ccccc1NC(=O)CCN1C(=S)N[C@H](c2ccccn2)[C@@H]1c1ccc(C)n1-c1ccccc1. The van der Waals surface area contributed by atoms with Gasteiger partial charge in [0.05, 0.1) is 17.8 Å².